The smallest absolute Gasteiger partial charge is 0.270 e. The molecule has 2 heterocycles. The van der Waals surface area contributed by atoms with Gasteiger partial charge in [0.15, 0.2) is 0 Å². The Labute approximate surface area is 117 Å². The first-order valence-electron chi connectivity index (χ1n) is 7.08. The molecule has 0 aromatic heterocycles. The molecule has 3 rings (SSSR count). The molecule has 0 aromatic rings. The molecule has 0 radical (unpaired) electrons. The van der Waals surface area contributed by atoms with Gasteiger partial charge in [0.1, 0.15) is 5.71 Å². The summed E-state index contributed by atoms with van der Waals surface area (Å²) in [5, 5.41) is 3.82. The van der Waals surface area contributed by atoms with Crippen LogP contribution in [0.1, 0.15) is 25.7 Å². The van der Waals surface area contributed by atoms with E-state index >= 15 is 0 Å². The summed E-state index contributed by atoms with van der Waals surface area (Å²) in [6.07, 6.45) is 2.72. The third-order valence-electron chi connectivity index (χ3n) is 3.96. The van der Waals surface area contributed by atoms with Gasteiger partial charge in [-0.25, -0.2) is 5.43 Å². The second-order valence-corrected chi connectivity index (χ2v) is 5.49. The van der Waals surface area contributed by atoms with Crippen LogP contribution in [0.25, 0.3) is 0 Å². The van der Waals surface area contributed by atoms with Crippen LogP contribution < -0.4 is 5.43 Å². The molecule has 1 saturated heterocycles. The maximum atomic E-state index is 12.2. The summed E-state index contributed by atoms with van der Waals surface area (Å²) in [7, 11) is 0. The number of hydrazone groups is 1. The Bertz CT molecular complexity index is 476. The number of amides is 3. The van der Waals surface area contributed by atoms with Crippen molar-refractivity contribution >= 4 is 23.4 Å². The first-order chi connectivity index (χ1) is 9.65. The van der Waals surface area contributed by atoms with Crippen LogP contribution >= 0.6 is 0 Å². The summed E-state index contributed by atoms with van der Waals surface area (Å²) in [4.78, 5) is 38.7. The molecule has 7 nitrogen and oxygen atoms in total. The molecule has 108 valence electrons. The maximum Gasteiger partial charge on any atom is 0.270 e. The second-order valence-electron chi connectivity index (χ2n) is 5.49. The third kappa shape index (κ3) is 2.66. The molecule has 0 unspecified atom stereocenters. The highest BCUT2D eigenvalue weighted by molar-refractivity contribution is 6.39. The Morgan fingerprint density at radius 1 is 1.05 bits per heavy atom. The fraction of sp³-hybridized carbons (Fsp3) is 0.692. The van der Waals surface area contributed by atoms with Crippen LogP contribution in [-0.4, -0.2) is 59.4 Å². The van der Waals surface area contributed by atoms with Crippen LogP contribution in [0.3, 0.4) is 0 Å². The summed E-state index contributed by atoms with van der Waals surface area (Å²) in [6.45, 7) is 2.29. The van der Waals surface area contributed by atoms with E-state index in [-0.39, 0.29) is 23.6 Å². The number of hydrogen-bond acceptors (Lipinski definition) is 4. The predicted octanol–water partition coefficient (Wildman–Crippen LogP) is -0.667. The van der Waals surface area contributed by atoms with E-state index in [0.29, 0.717) is 44.7 Å². The summed E-state index contributed by atoms with van der Waals surface area (Å²) in [6, 6.07) is 0. The molecule has 1 N–H and O–H groups in total. The maximum absolute atomic E-state index is 12.2. The normalized spacial score (nSPS) is 23.2. The molecule has 1 aliphatic carbocycles. The zero-order valence-corrected chi connectivity index (χ0v) is 11.3. The van der Waals surface area contributed by atoms with Gasteiger partial charge in [0, 0.05) is 44.9 Å². The Morgan fingerprint density at radius 3 is 2.25 bits per heavy atom. The van der Waals surface area contributed by atoms with Crippen LogP contribution in [-0.2, 0) is 14.4 Å². The lowest BCUT2D eigenvalue weighted by molar-refractivity contribution is -0.137. The molecule has 7 heteroatoms. The first-order valence-corrected chi connectivity index (χ1v) is 7.08. The van der Waals surface area contributed by atoms with E-state index in [1.807, 2.05) is 4.90 Å². The van der Waals surface area contributed by atoms with Gasteiger partial charge >= 0.3 is 0 Å². The van der Waals surface area contributed by atoms with Crippen LogP contribution in [0.4, 0.5) is 0 Å². The Kier molecular flexibility index (Phi) is 3.42. The van der Waals surface area contributed by atoms with Crippen molar-refractivity contribution in [3.63, 3.8) is 0 Å². The van der Waals surface area contributed by atoms with Gasteiger partial charge in [0.25, 0.3) is 5.91 Å². The number of hydrogen-bond donors (Lipinski definition) is 1. The fourth-order valence-electron chi connectivity index (χ4n) is 2.53. The quantitative estimate of drug-likeness (QED) is 0.727. The highest BCUT2D eigenvalue weighted by Crippen LogP contribution is 2.31. The number of nitrogens with one attached hydrogen (secondary N) is 1. The van der Waals surface area contributed by atoms with Gasteiger partial charge in [0.2, 0.25) is 11.8 Å². The zero-order chi connectivity index (χ0) is 14.1. The van der Waals surface area contributed by atoms with Gasteiger partial charge < -0.3 is 9.80 Å². The Balaban J connectivity index is 1.53. The molecular formula is C13H18N4O3. The van der Waals surface area contributed by atoms with Gasteiger partial charge in [-0.1, -0.05) is 0 Å². The van der Waals surface area contributed by atoms with Gasteiger partial charge in [-0.05, 0) is 12.8 Å². The average molecular weight is 278 g/mol. The number of nitrogens with zero attached hydrogens (tertiary/aromatic N) is 3. The van der Waals surface area contributed by atoms with Crippen LogP contribution in [0, 0.1) is 5.92 Å². The van der Waals surface area contributed by atoms with Crippen molar-refractivity contribution in [1.82, 2.24) is 15.2 Å². The summed E-state index contributed by atoms with van der Waals surface area (Å²) in [5.41, 5.74) is 2.75. The van der Waals surface area contributed by atoms with Crippen LogP contribution in [0.2, 0.25) is 0 Å². The molecular weight excluding hydrogens is 260 g/mol. The van der Waals surface area contributed by atoms with E-state index in [0.717, 1.165) is 12.8 Å². The van der Waals surface area contributed by atoms with Crippen molar-refractivity contribution in [2.75, 3.05) is 26.2 Å². The SMILES string of the molecule is O=C1CCC(C(=O)N2CCN(C(=O)C3CC3)CC2)=NN1. The zero-order valence-electron chi connectivity index (χ0n) is 11.3. The lowest BCUT2D eigenvalue weighted by atomic mass is 10.1. The van der Waals surface area contributed by atoms with Gasteiger partial charge in [-0.2, -0.15) is 5.10 Å². The molecule has 0 aromatic carbocycles. The first kappa shape index (κ1) is 13.1. The van der Waals surface area contributed by atoms with Crippen molar-refractivity contribution in [3.8, 4) is 0 Å². The number of carbonyl (C=O) groups excluding carboxylic acids is 3. The second kappa shape index (κ2) is 5.22. The lowest BCUT2D eigenvalue weighted by Gasteiger charge is -2.35. The fourth-order valence-corrected chi connectivity index (χ4v) is 2.53. The van der Waals surface area contributed by atoms with Crippen molar-refractivity contribution < 1.29 is 14.4 Å². The number of carbonyl (C=O) groups is 3. The highest BCUT2D eigenvalue weighted by Gasteiger charge is 2.35. The minimum atomic E-state index is -0.151. The van der Waals surface area contributed by atoms with Crippen molar-refractivity contribution in [2.24, 2.45) is 11.0 Å². The van der Waals surface area contributed by atoms with E-state index in [4.69, 9.17) is 0 Å². The Hall–Kier alpha value is -1.92. The van der Waals surface area contributed by atoms with Crippen molar-refractivity contribution in [3.05, 3.63) is 0 Å². The molecule has 3 aliphatic rings. The molecule has 0 atom stereocenters. The predicted molar refractivity (Wildman–Crippen MR) is 70.7 cm³/mol. The standard InChI is InChI=1S/C13H18N4O3/c18-11-4-3-10(14-15-11)13(20)17-7-5-16(6-8-17)12(19)9-1-2-9/h9H,1-8H2,(H,15,18). The van der Waals surface area contributed by atoms with Gasteiger partial charge in [-0.15, -0.1) is 0 Å². The Morgan fingerprint density at radius 2 is 1.70 bits per heavy atom. The topological polar surface area (TPSA) is 82.1 Å². The minimum absolute atomic E-state index is 0.122. The summed E-state index contributed by atoms with van der Waals surface area (Å²) in [5.74, 6) is 0.194. The van der Waals surface area contributed by atoms with E-state index in [9.17, 15) is 14.4 Å². The van der Waals surface area contributed by atoms with Crippen molar-refractivity contribution in [2.45, 2.75) is 25.7 Å². The van der Waals surface area contributed by atoms with E-state index in [1.54, 1.807) is 4.90 Å². The minimum Gasteiger partial charge on any atom is -0.339 e. The van der Waals surface area contributed by atoms with Gasteiger partial charge in [-0.3, -0.25) is 14.4 Å². The summed E-state index contributed by atoms with van der Waals surface area (Å²) >= 11 is 0. The van der Waals surface area contributed by atoms with Crippen LogP contribution in [0.15, 0.2) is 5.10 Å². The summed E-state index contributed by atoms with van der Waals surface area (Å²) < 4.78 is 0. The molecule has 2 aliphatic heterocycles. The van der Waals surface area contributed by atoms with E-state index < -0.39 is 0 Å². The highest BCUT2D eigenvalue weighted by atomic mass is 16.2. The number of piperazine rings is 1. The largest absolute Gasteiger partial charge is 0.339 e. The average Bonchev–Trinajstić information content (AvgIpc) is 3.31. The van der Waals surface area contributed by atoms with E-state index in [2.05, 4.69) is 10.5 Å². The molecule has 0 spiro atoms. The van der Waals surface area contributed by atoms with Gasteiger partial charge in [0.05, 0.1) is 0 Å². The molecule has 3 amide bonds. The van der Waals surface area contributed by atoms with Crippen LogP contribution in [0.5, 0.6) is 0 Å². The molecule has 20 heavy (non-hydrogen) atoms. The monoisotopic (exact) mass is 278 g/mol. The molecule has 0 bridgehead atoms. The molecule has 1 saturated carbocycles. The lowest BCUT2D eigenvalue weighted by Crippen LogP contribution is -2.53. The number of rotatable bonds is 2. The molecule has 2 fully saturated rings. The van der Waals surface area contributed by atoms with E-state index in [1.165, 1.54) is 0 Å². The third-order valence-corrected chi connectivity index (χ3v) is 3.96. The van der Waals surface area contributed by atoms with Crippen molar-refractivity contribution in [1.29, 1.82) is 0 Å².